The Labute approximate surface area is 101 Å². The van der Waals surface area contributed by atoms with Crippen LogP contribution in [-0.4, -0.2) is 59.1 Å². The summed E-state index contributed by atoms with van der Waals surface area (Å²) in [5, 5.41) is 8.75. The first-order valence-corrected chi connectivity index (χ1v) is 5.74. The molecular weight excluding hydrogens is 218 g/mol. The number of carboxylic acids is 1. The maximum Gasteiger partial charge on any atom is 0.354 e. The van der Waals surface area contributed by atoms with Gasteiger partial charge in [-0.1, -0.05) is 6.07 Å². The molecule has 1 N–H and O–H groups in total. The van der Waals surface area contributed by atoms with Crippen LogP contribution < -0.4 is 0 Å². The van der Waals surface area contributed by atoms with Crippen molar-refractivity contribution in [3.8, 4) is 0 Å². The minimum atomic E-state index is -0.976. The molecule has 0 aromatic carbocycles. The van der Waals surface area contributed by atoms with E-state index >= 15 is 0 Å². The highest BCUT2D eigenvalue weighted by atomic mass is 16.4. The third kappa shape index (κ3) is 3.25. The van der Waals surface area contributed by atoms with Crippen molar-refractivity contribution in [2.75, 3.05) is 33.2 Å². The number of piperazine rings is 1. The number of pyridine rings is 1. The van der Waals surface area contributed by atoms with E-state index in [1.54, 1.807) is 12.3 Å². The van der Waals surface area contributed by atoms with Gasteiger partial charge in [0.25, 0.3) is 0 Å². The Morgan fingerprint density at radius 1 is 1.35 bits per heavy atom. The minimum Gasteiger partial charge on any atom is -0.477 e. The zero-order valence-electron chi connectivity index (χ0n) is 9.96. The Morgan fingerprint density at radius 2 is 2.06 bits per heavy atom. The molecule has 1 aromatic heterocycles. The molecule has 17 heavy (non-hydrogen) atoms. The van der Waals surface area contributed by atoms with E-state index in [0.29, 0.717) is 0 Å². The molecule has 2 heterocycles. The highest BCUT2D eigenvalue weighted by Crippen LogP contribution is 2.07. The Balaban J connectivity index is 1.92. The number of rotatable bonds is 3. The fourth-order valence-corrected chi connectivity index (χ4v) is 1.91. The van der Waals surface area contributed by atoms with Crippen LogP contribution in [0, 0.1) is 0 Å². The molecular formula is C12H17N3O2. The van der Waals surface area contributed by atoms with Gasteiger partial charge in [-0.15, -0.1) is 0 Å². The van der Waals surface area contributed by atoms with Crippen LogP contribution in [0.3, 0.4) is 0 Å². The largest absolute Gasteiger partial charge is 0.477 e. The molecule has 0 aliphatic carbocycles. The van der Waals surface area contributed by atoms with Gasteiger partial charge in [0.1, 0.15) is 5.69 Å². The van der Waals surface area contributed by atoms with Gasteiger partial charge in [0.15, 0.2) is 0 Å². The Hall–Kier alpha value is -1.46. The number of hydrogen-bond donors (Lipinski definition) is 1. The summed E-state index contributed by atoms with van der Waals surface area (Å²) in [7, 11) is 2.13. The number of hydrogen-bond acceptors (Lipinski definition) is 4. The second-order valence-corrected chi connectivity index (χ2v) is 4.44. The van der Waals surface area contributed by atoms with Crippen molar-refractivity contribution < 1.29 is 9.90 Å². The second kappa shape index (κ2) is 5.25. The van der Waals surface area contributed by atoms with E-state index in [-0.39, 0.29) is 5.69 Å². The molecule has 0 atom stereocenters. The molecule has 1 aliphatic rings. The van der Waals surface area contributed by atoms with Gasteiger partial charge in [-0.25, -0.2) is 9.78 Å². The third-order valence-corrected chi connectivity index (χ3v) is 3.05. The molecule has 2 rings (SSSR count). The molecule has 0 spiro atoms. The lowest BCUT2D eigenvalue weighted by atomic mass is 10.2. The highest BCUT2D eigenvalue weighted by Gasteiger charge is 2.14. The van der Waals surface area contributed by atoms with Crippen LogP contribution in [0.15, 0.2) is 18.3 Å². The molecule has 1 fully saturated rings. The number of carboxylic acid groups (broad SMARTS) is 1. The monoisotopic (exact) mass is 235 g/mol. The van der Waals surface area contributed by atoms with Crippen molar-refractivity contribution in [3.05, 3.63) is 29.6 Å². The van der Waals surface area contributed by atoms with E-state index in [0.717, 1.165) is 38.3 Å². The van der Waals surface area contributed by atoms with Crippen LogP contribution in [0.5, 0.6) is 0 Å². The van der Waals surface area contributed by atoms with Gasteiger partial charge in [0.2, 0.25) is 0 Å². The lowest BCUT2D eigenvalue weighted by Crippen LogP contribution is -2.43. The van der Waals surface area contributed by atoms with Gasteiger partial charge < -0.3 is 10.0 Å². The van der Waals surface area contributed by atoms with Crippen LogP contribution in [0.1, 0.15) is 16.1 Å². The normalized spacial score (nSPS) is 18.2. The maximum absolute atomic E-state index is 10.7. The predicted octanol–water partition coefficient (Wildman–Crippen LogP) is 0.527. The standard InChI is InChI=1S/C12H17N3O2/c1-14-4-6-15(7-5-14)9-10-2-3-11(12(16)17)13-8-10/h2-3,8H,4-7,9H2,1H3,(H,16,17). The summed E-state index contributed by atoms with van der Waals surface area (Å²) in [6.07, 6.45) is 1.65. The van der Waals surface area contributed by atoms with E-state index in [4.69, 9.17) is 5.11 Å². The number of nitrogens with zero attached hydrogens (tertiary/aromatic N) is 3. The first kappa shape index (κ1) is 12.0. The van der Waals surface area contributed by atoms with Gasteiger partial charge in [-0.3, -0.25) is 4.90 Å². The Bertz CT molecular complexity index is 383. The summed E-state index contributed by atoms with van der Waals surface area (Å²) in [5.41, 5.74) is 1.17. The quantitative estimate of drug-likeness (QED) is 0.828. The van der Waals surface area contributed by atoms with Gasteiger partial charge in [-0.05, 0) is 18.7 Å². The molecule has 5 heteroatoms. The molecule has 0 bridgehead atoms. The van der Waals surface area contributed by atoms with Crippen LogP contribution in [0.4, 0.5) is 0 Å². The van der Waals surface area contributed by atoms with Gasteiger partial charge in [0, 0.05) is 38.9 Å². The van der Waals surface area contributed by atoms with Crippen molar-refractivity contribution in [1.29, 1.82) is 0 Å². The number of aromatic nitrogens is 1. The van der Waals surface area contributed by atoms with Crippen LogP contribution >= 0.6 is 0 Å². The number of carbonyl (C=O) groups is 1. The average molecular weight is 235 g/mol. The molecule has 1 saturated heterocycles. The summed E-state index contributed by atoms with van der Waals surface area (Å²) in [4.78, 5) is 19.2. The summed E-state index contributed by atoms with van der Waals surface area (Å²) in [6, 6.07) is 3.41. The summed E-state index contributed by atoms with van der Waals surface area (Å²) < 4.78 is 0. The highest BCUT2D eigenvalue weighted by molar-refractivity contribution is 5.85. The lowest BCUT2D eigenvalue weighted by Gasteiger charge is -2.32. The summed E-state index contributed by atoms with van der Waals surface area (Å²) in [6.45, 7) is 5.12. The smallest absolute Gasteiger partial charge is 0.354 e. The number of likely N-dealkylation sites (N-methyl/N-ethyl adjacent to an activating group) is 1. The fraction of sp³-hybridized carbons (Fsp3) is 0.500. The molecule has 1 aromatic rings. The lowest BCUT2D eigenvalue weighted by molar-refractivity contribution is 0.0690. The van der Waals surface area contributed by atoms with Gasteiger partial charge >= 0.3 is 5.97 Å². The van der Waals surface area contributed by atoms with E-state index in [1.807, 2.05) is 6.07 Å². The molecule has 92 valence electrons. The molecule has 5 nitrogen and oxygen atoms in total. The van der Waals surface area contributed by atoms with Crippen molar-refractivity contribution in [1.82, 2.24) is 14.8 Å². The average Bonchev–Trinajstić information content (AvgIpc) is 2.33. The van der Waals surface area contributed by atoms with E-state index in [9.17, 15) is 4.79 Å². The van der Waals surface area contributed by atoms with Crippen LogP contribution in [0.25, 0.3) is 0 Å². The first-order chi connectivity index (χ1) is 8.15. The minimum absolute atomic E-state index is 0.104. The van der Waals surface area contributed by atoms with E-state index in [2.05, 4.69) is 21.8 Å². The SMILES string of the molecule is CN1CCN(Cc2ccc(C(=O)O)nc2)CC1. The van der Waals surface area contributed by atoms with Crippen LogP contribution in [-0.2, 0) is 6.54 Å². The third-order valence-electron chi connectivity index (χ3n) is 3.05. The molecule has 0 saturated carbocycles. The van der Waals surface area contributed by atoms with Crippen molar-refractivity contribution >= 4 is 5.97 Å². The zero-order valence-corrected chi connectivity index (χ0v) is 9.96. The Kier molecular flexibility index (Phi) is 3.71. The van der Waals surface area contributed by atoms with Crippen LogP contribution in [0.2, 0.25) is 0 Å². The molecule has 1 aliphatic heterocycles. The second-order valence-electron chi connectivity index (χ2n) is 4.44. The zero-order chi connectivity index (χ0) is 12.3. The summed E-state index contributed by atoms with van der Waals surface area (Å²) >= 11 is 0. The first-order valence-electron chi connectivity index (χ1n) is 5.74. The maximum atomic E-state index is 10.7. The van der Waals surface area contributed by atoms with Crippen molar-refractivity contribution in [2.45, 2.75) is 6.54 Å². The Morgan fingerprint density at radius 3 is 2.59 bits per heavy atom. The van der Waals surface area contributed by atoms with Gasteiger partial charge in [-0.2, -0.15) is 0 Å². The molecule has 0 unspecified atom stereocenters. The topological polar surface area (TPSA) is 56.7 Å². The molecule has 0 amide bonds. The van der Waals surface area contributed by atoms with Gasteiger partial charge in [0.05, 0.1) is 0 Å². The molecule has 0 radical (unpaired) electrons. The van der Waals surface area contributed by atoms with E-state index < -0.39 is 5.97 Å². The fourth-order valence-electron chi connectivity index (χ4n) is 1.91. The van der Waals surface area contributed by atoms with E-state index in [1.165, 1.54) is 0 Å². The summed E-state index contributed by atoms with van der Waals surface area (Å²) in [5.74, 6) is -0.976. The van der Waals surface area contributed by atoms with Crippen molar-refractivity contribution in [2.24, 2.45) is 0 Å². The van der Waals surface area contributed by atoms with Crippen molar-refractivity contribution in [3.63, 3.8) is 0 Å². The number of aromatic carboxylic acids is 1. The predicted molar refractivity (Wildman–Crippen MR) is 64.0 cm³/mol.